The van der Waals surface area contributed by atoms with Crippen molar-refractivity contribution in [2.45, 2.75) is 38.3 Å². The Kier molecular flexibility index (Phi) is 5.26. The van der Waals surface area contributed by atoms with Crippen LogP contribution in [0.1, 0.15) is 37.8 Å². The van der Waals surface area contributed by atoms with Gasteiger partial charge in [0.2, 0.25) is 0 Å². The van der Waals surface area contributed by atoms with Crippen LogP contribution in [0, 0.1) is 5.92 Å². The van der Waals surface area contributed by atoms with Gasteiger partial charge >= 0.3 is 6.03 Å². The molecule has 1 aliphatic carbocycles. The van der Waals surface area contributed by atoms with E-state index in [1.54, 1.807) is 24.3 Å². The summed E-state index contributed by atoms with van der Waals surface area (Å²) < 4.78 is 0. The van der Waals surface area contributed by atoms with Crippen molar-refractivity contribution in [3.8, 4) is 0 Å². The number of rotatable bonds is 6. The molecule has 0 radical (unpaired) electrons. The van der Waals surface area contributed by atoms with Gasteiger partial charge in [-0.1, -0.05) is 36.6 Å². The molecule has 1 saturated carbocycles. The van der Waals surface area contributed by atoms with Gasteiger partial charge in [-0.25, -0.2) is 4.79 Å². The number of aliphatic hydroxyl groups is 1. The van der Waals surface area contributed by atoms with E-state index in [0.717, 1.165) is 17.9 Å². The zero-order valence-corrected chi connectivity index (χ0v) is 12.4. The SMILES string of the molecule is CC(CC1CC1)NC(=O)NC(CO)c1ccc(Cl)cc1. The molecule has 1 aliphatic rings. The predicted molar refractivity (Wildman–Crippen MR) is 79.7 cm³/mol. The van der Waals surface area contributed by atoms with Crippen molar-refractivity contribution in [1.82, 2.24) is 10.6 Å². The number of benzene rings is 1. The maximum atomic E-state index is 11.9. The molecule has 2 rings (SSSR count). The zero-order valence-electron chi connectivity index (χ0n) is 11.6. The van der Waals surface area contributed by atoms with E-state index in [9.17, 15) is 9.90 Å². The minimum absolute atomic E-state index is 0.147. The Morgan fingerprint density at radius 3 is 2.55 bits per heavy atom. The van der Waals surface area contributed by atoms with Crippen LogP contribution >= 0.6 is 11.6 Å². The van der Waals surface area contributed by atoms with Crippen LogP contribution < -0.4 is 10.6 Å². The van der Waals surface area contributed by atoms with Crippen molar-refractivity contribution in [3.05, 3.63) is 34.9 Å². The molecule has 0 aromatic heterocycles. The lowest BCUT2D eigenvalue weighted by Gasteiger charge is -2.20. The van der Waals surface area contributed by atoms with Crippen LogP contribution in [-0.2, 0) is 0 Å². The summed E-state index contributed by atoms with van der Waals surface area (Å²) in [4.78, 5) is 11.9. The molecule has 3 N–H and O–H groups in total. The van der Waals surface area contributed by atoms with E-state index in [0.29, 0.717) is 5.02 Å². The van der Waals surface area contributed by atoms with Gasteiger partial charge < -0.3 is 15.7 Å². The number of hydrogen-bond donors (Lipinski definition) is 3. The minimum Gasteiger partial charge on any atom is -0.394 e. The summed E-state index contributed by atoms with van der Waals surface area (Å²) in [6, 6.07) is 6.59. The van der Waals surface area contributed by atoms with Gasteiger partial charge in [-0.2, -0.15) is 0 Å². The highest BCUT2D eigenvalue weighted by Gasteiger charge is 2.24. The summed E-state index contributed by atoms with van der Waals surface area (Å²) in [6.45, 7) is 1.86. The highest BCUT2D eigenvalue weighted by molar-refractivity contribution is 6.30. The highest BCUT2D eigenvalue weighted by atomic mass is 35.5. The molecule has 1 aromatic rings. The molecule has 0 heterocycles. The Morgan fingerprint density at radius 2 is 2.00 bits per heavy atom. The predicted octanol–water partition coefficient (Wildman–Crippen LogP) is 2.86. The van der Waals surface area contributed by atoms with Crippen LogP contribution in [0.4, 0.5) is 4.79 Å². The molecule has 110 valence electrons. The van der Waals surface area contributed by atoms with Crippen molar-refractivity contribution < 1.29 is 9.90 Å². The van der Waals surface area contributed by atoms with Crippen molar-refractivity contribution in [2.24, 2.45) is 5.92 Å². The molecule has 1 fully saturated rings. The van der Waals surface area contributed by atoms with Crippen molar-refractivity contribution >= 4 is 17.6 Å². The number of carbonyl (C=O) groups is 1. The summed E-state index contributed by atoms with van der Waals surface area (Å²) in [6.07, 6.45) is 3.58. The Bertz CT molecular complexity index is 446. The van der Waals surface area contributed by atoms with Crippen LogP contribution in [0.5, 0.6) is 0 Å². The van der Waals surface area contributed by atoms with Crippen LogP contribution in [-0.4, -0.2) is 23.8 Å². The van der Waals surface area contributed by atoms with Crippen molar-refractivity contribution in [3.63, 3.8) is 0 Å². The minimum atomic E-state index is -0.416. The van der Waals surface area contributed by atoms with Crippen molar-refractivity contribution in [2.75, 3.05) is 6.61 Å². The van der Waals surface area contributed by atoms with E-state index in [2.05, 4.69) is 10.6 Å². The smallest absolute Gasteiger partial charge is 0.315 e. The highest BCUT2D eigenvalue weighted by Crippen LogP contribution is 2.33. The number of carbonyl (C=O) groups excluding carboxylic acids is 1. The number of aliphatic hydroxyl groups excluding tert-OH is 1. The molecule has 1 aromatic carbocycles. The maximum absolute atomic E-state index is 11.9. The summed E-state index contributed by atoms with van der Waals surface area (Å²) in [5.74, 6) is 0.773. The Balaban J connectivity index is 1.85. The molecule has 0 spiro atoms. The van der Waals surface area contributed by atoms with E-state index < -0.39 is 6.04 Å². The first kappa shape index (κ1) is 15.1. The van der Waals surface area contributed by atoms with Gasteiger partial charge in [0.05, 0.1) is 12.6 Å². The third kappa shape index (κ3) is 4.69. The van der Waals surface area contributed by atoms with Crippen LogP contribution in [0.3, 0.4) is 0 Å². The normalized spacial score (nSPS) is 17.4. The van der Waals surface area contributed by atoms with E-state index in [1.165, 1.54) is 12.8 Å². The third-order valence-electron chi connectivity index (χ3n) is 3.52. The van der Waals surface area contributed by atoms with Gasteiger partial charge in [-0.3, -0.25) is 0 Å². The summed E-state index contributed by atoms with van der Waals surface area (Å²) in [7, 11) is 0. The summed E-state index contributed by atoms with van der Waals surface area (Å²) >= 11 is 5.83. The van der Waals surface area contributed by atoms with Crippen LogP contribution in [0.15, 0.2) is 24.3 Å². The third-order valence-corrected chi connectivity index (χ3v) is 3.77. The molecule has 2 unspecified atom stereocenters. The van der Waals surface area contributed by atoms with Gasteiger partial charge in [-0.05, 0) is 37.0 Å². The molecule has 4 nitrogen and oxygen atoms in total. The average molecular weight is 297 g/mol. The lowest BCUT2D eigenvalue weighted by Crippen LogP contribution is -2.43. The van der Waals surface area contributed by atoms with Gasteiger partial charge in [-0.15, -0.1) is 0 Å². The van der Waals surface area contributed by atoms with Gasteiger partial charge in [0, 0.05) is 11.1 Å². The van der Waals surface area contributed by atoms with Crippen LogP contribution in [0.25, 0.3) is 0 Å². The first-order valence-corrected chi connectivity index (χ1v) is 7.39. The van der Waals surface area contributed by atoms with Gasteiger partial charge in [0.25, 0.3) is 0 Å². The maximum Gasteiger partial charge on any atom is 0.315 e. The Hall–Kier alpha value is -1.26. The molecule has 0 aliphatic heterocycles. The number of amides is 2. The number of urea groups is 1. The molecule has 2 atom stereocenters. The zero-order chi connectivity index (χ0) is 14.5. The second kappa shape index (κ2) is 6.95. The first-order chi connectivity index (χ1) is 9.58. The van der Waals surface area contributed by atoms with E-state index in [-0.39, 0.29) is 18.7 Å². The molecular weight excluding hydrogens is 276 g/mol. The lowest BCUT2D eigenvalue weighted by molar-refractivity contribution is 0.214. The first-order valence-electron chi connectivity index (χ1n) is 7.02. The second-order valence-electron chi connectivity index (χ2n) is 5.48. The fraction of sp³-hybridized carbons (Fsp3) is 0.533. The van der Waals surface area contributed by atoms with Gasteiger partial charge in [0.15, 0.2) is 0 Å². The Morgan fingerprint density at radius 1 is 1.35 bits per heavy atom. The molecule has 0 bridgehead atoms. The average Bonchev–Trinajstić information content (AvgIpc) is 3.20. The molecule has 5 heteroatoms. The molecule has 0 saturated heterocycles. The molecular formula is C15H21ClN2O2. The summed E-state index contributed by atoms with van der Waals surface area (Å²) in [5, 5.41) is 15.7. The fourth-order valence-corrected chi connectivity index (χ4v) is 2.39. The monoisotopic (exact) mass is 296 g/mol. The van der Waals surface area contributed by atoms with Crippen LogP contribution in [0.2, 0.25) is 5.02 Å². The van der Waals surface area contributed by atoms with E-state index in [1.807, 2.05) is 6.92 Å². The van der Waals surface area contributed by atoms with Gasteiger partial charge in [0.1, 0.15) is 0 Å². The van der Waals surface area contributed by atoms with E-state index in [4.69, 9.17) is 11.6 Å². The molecule has 20 heavy (non-hydrogen) atoms. The largest absolute Gasteiger partial charge is 0.394 e. The fourth-order valence-electron chi connectivity index (χ4n) is 2.27. The summed E-state index contributed by atoms with van der Waals surface area (Å²) in [5.41, 5.74) is 0.835. The topological polar surface area (TPSA) is 61.4 Å². The van der Waals surface area contributed by atoms with Crippen molar-refractivity contribution in [1.29, 1.82) is 0 Å². The lowest BCUT2D eigenvalue weighted by atomic mass is 10.1. The quantitative estimate of drug-likeness (QED) is 0.756. The number of nitrogens with one attached hydrogen (secondary N) is 2. The van der Waals surface area contributed by atoms with E-state index >= 15 is 0 Å². The standard InChI is InChI=1S/C15H21ClN2O2/c1-10(8-11-2-3-11)17-15(20)18-14(9-19)12-4-6-13(16)7-5-12/h4-7,10-11,14,19H,2-3,8-9H2,1H3,(H2,17,18,20). The number of hydrogen-bond acceptors (Lipinski definition) is 2. The Labute approximate surface area is 124 Å². The molecule has 2 amide bonds. The second-order valence-corrected chi connectivity index (χ2v) is 5.92. The number of halogens is 1.